The van der Waals surface area contributed by atoms with E-state index >= 15 is 0 Å². The molecule has 2 aliphatic rings. The molecular weight excluding hydrogens is 408 g/mol. The number of alkyl carbamates (subject to hydrolysis) is 1. The summed E-state index contributed by atoms with van der Waals surface area (Å²) in [7, 11) is 0. The first-order valence-electron chi connectivity index (χ1n) is 11.0. The molecule has 0 radical (unpaired) electrons. The zero-order chi connectivity index (χ0) is 22.9. The maximum atomic E-state index is 12.8. The van der Waals surface area contributed by atoms with Crippen LogP contribution in [0.1, 0.15) is 50.2 Å². The van der Waals surface area contributed by atoms with Crippen LogP contribution in [-0.2, 0) is 14.3 Å². The normalized spacial score (nSPS) is 17.4. The summed E-state index contributed by atoms with van der Waals surface area (Å²) in [6.45, 7) is 3.90. The van der Waals surface area contributed by atoms with E-state index in [0.29, 0.717) is 19.3 Å². The van der Waals surface area contributed by atoms with Gasteiger partial charge in [0.05, 0.1) is 0 Å². The fourth-order valence-corrected chi connectivity index (χ4v) is 4.30. The standard InChI is InChI=1S/C25H28N2O5/c1-3-15(2)21(22(28)27-25(12-13-25)23(29)30)26-24(31)32-14-20-18-10-6-4-8-16(18)17-9-5-7-11-19(17)20/h4-11,15,20-21H,3,12-14H2,1-2H3,(H,26,31)(H,27,28)(H,29,30)/t15-,21-/m0/s1. The van der Waals surface area contributed by atoms with Crippen LogP contribution in [-0.4, -0.2) is 41.3 Å². The van der Waals surface area contributed by atoms with Crippen molar-refractivity contribution in [3.63, 3.8) is 0 Å². The number of fused-ring (bicyclic) bond motifs is 3. The van der Waals surface area contributed by atoms with Crippen LogP contribution in [0, 0.1) is 5.92 Å². The van der Waals surface area contributed by atoms with Gasteiger partial charge in [0.15, 0.2) is 0 Å². The Morgan fingerprint density at radius 1 is 1.06 bits per heavy atom. The predicted octanol–water partition coefficient (Wildman–Crippen LogP) is 3.67. The van der Waals surface area contributed by atoms with Gasteiger partial charge < -0.3 is 20.5 Å². The van der Waals surface area contributed by atoms with Gasteiger partial charge in [-0.15, -0.1) is 0 Å². The number of rotatable bonds is 8. The molecule has 0 heterocycles. The van der Waals surface area contributed by atoms with Crippen molar-refractivity contribution in [3.8, 4) is 11.1 Å². The third kappa shape index (κ3) is 4.07. The Labute approximate surface area is 187 Å². The van der Waals surface area contributed by atoms with Gasteiger partial charge >= 0.3 is 12.1 Å². The maximum absolute atomic E-state index is 12.8. The van der Waals surface area contributed by atoms with Gasteiger partial charge in [-0.3, -0.25) is 4.79 Å². The lowest BCUT2D eigenvalue weighted by Gasteiger charge is -2.25. The number of carbonyl (C=O) groups is 3. The molecule has 32 heavy (non-hydrogen) atoms. The highest BCUT2D eigenvalue weighted by Crippen LogP contribution is 2.44. The first-order valence-corrected chi connectivity index (χ1v) is 11.0. The van der Waals surface area contributed by atoms with Gasteiger partial charge in [-0.05, 0) is 41.0 Å². The molecule has 168 valence electrons. The number of aliphatic carboxylic acids is 1. The monoisotopic (exact) mass is 436 g/mol. The van der Waals surface area contributed by atoms with Crippen molar-refractivity contribution < 1.29 is 24.2 Å². The number of nitrogens with one attached hydrogen (secondary N) is 2. The van der Waals surface area contributed by atoms with Crippen molar-refractivity contribution in [2.24, 2.45) is 5.92 Å². The van der Waals surface area contributed by atoms with Gasteiger partial charge in [-0.1, -0.05) is 68.8 Å². The molecule has 2 amide bonds. The molecule has 0 unspecified atom stereocenters. The van der Waals surface area contributed by atoms with E-state index in [2.05, 4.69) is 22.8 Å². The second-order valence-corrected chi connectivity index (χ2v) is 8.71. The fraction of sp³-hybridized carbons (Fsp3) is 0.400. The number of carboxylic acid groups (broad SMARTS) is 1. The first kappa shape index (κ1) is 21.9. The van der Waals surface area contributed by atoms with E-state index in [1.165, 1.54) is 0 Å². The highest BCUT2D eigenvalue weighted by atomic mass is 16.5. The van der Waals surface area contributed by atoms with E-state index in [1.54, 1.807) is 0 Å². The summed E-state index contributed by atoms with van der Waals surface area (Å²) >= 11 is 0. The molecule has 7 nitrogen and oxygen atoms in total. The van der Waals surface area contributed by atoms with Crippen molar-refractivity contribution >= 4 is 18.0 Å². The van der Waals surface area contributed by atoms with Gasteiger partial charge in [-0.2, -0.15) is 0 Å². The molecule has 0 aromatic heterocycles. The number of hydrogen-bond acceptors (Lipinski definition) is 4. The lowest BCUT2D eigenvalue weighted by molar-refractivity contribution is -0.143. The molecule has 1 fully saturated rings. The third-order valence-corrected chi connectivity index (χ3v) is 6.63. The molecule has 2 atom stereocenters. The topological polar surface area (TPSA) is 105 Å². The van der Waals surface area contributed by atoms with E-state index in [9.17, 15) is 19.5 Å². The van der Waals surface area contributed by atoms with E-state index in [-0.39, 0.29) is 18.4 Å². The zero-order valence-electron chi connectivity index (χ0n) is 18.3. The molecule has 2 aromatic carbocycles. The van der Waals surface area contributed by atoms with Crippen molar-refractivity contribution in [1.82, 2.24) is 10.6 Å². The summed E-state index contributed by atoms with van der Waals surface area (Å²) in [6, 6.07) is 15.3. The number of hydrogen-bond donors (Lipinski definition) is 3. The Morgan fingerprint density at radius 2 is 1.62 bits per heavy atom. The average molecular weight is 437 g/mol. The number of ether oxygens (including phenoxy) is 1. The van der Waals surface area contributed by atoms with Crippen LogP contribution in [0.4, 0.5) is 4.79 Å². The van der Waals surface area contributed by atoms with Crippen LogP contribution in [0.5, 0.6) is 0 Å². The average Bonchev–Trinajstić information content (AvgIpc) is 3.51. The lowest BCUT2D eigenvalue weighted by Crippen LogP contribution is -2.55. The molecule has 3 N–H and O–H groups in total. The maximum Gasteiger partial charge on any atom is 0.407 e. The van der Waals surface area contributed by atoms with Crippen molar-refractivity contribution in [1.29, 1.82) is 0 Å². The van der Waals surface area contributed by atoms with E-state index < -0.39 is 29.6 Å². The Morgan fingerprint density at radius 3 is 2.12 bits per heavy atom. The molecular formula is C25H28N2O5. The number of carbonyl (C=O) groups excluding carboxylic acids is 2. The number of amides is 2. The molecule has 0 aliphatic heterocycles. The fourth-order valence-electron chi connectivity index (χ4n) is 4.30. The third-order valence-electron chi connectivity index (χ3n) is 6.63. The lowest BCUT2D eigenvalue weighted by atomic mass is 9.97. The predicted molar refractivity (Wildman–Crippen MR) is 119 cm³/mol. The van der Waals surface area contributed by atoms with Crippen LogP contribution in [0.15, 0.2) is 48.5 Å². The SMILES string of the molecule is CC[C@H](C)[C@H](NC(=O)OCC1c2ccccc2-c2ccccc21)C(=O)NC1(C(=O)O)CC1. The van der Waals surface area contributed by atoms with E-state index in [0.717, 1.165) is 22.3 Å². The van der Waals surface area contributed by atoms with E-state index in [1.807, 2.05) is 50.2 Å². The van der Waals surface area contributed by atoms with Gasteiger partial charge in [-0.25, -0.2) is 9.59 Å². The summed E-state index contributed by atoms with van der Waals surface area (Å²) in [4.78, 5) is 36.9. The highest BCUT2D eigenvalue weighted by Gasteiger charge is 2.52. The van der Waals surface area contributed by atoms with Crippen LogP contribution < -0.4 is 10.6 Å². The van der Waals surface area contributed by atoms with Gasteiger partial charge in [0.2, 0.25) is 5.91 Å². The molecule has 0 bridgehead atoms. The smallest absolute Gasteiger partial charge is 0.407 e. The Bertz CT molecular complexity index is 1000. The Hall–Kier alpha value is -3.35. The number of benzene rings is 2. The van der Waals surface area contributed by atoms with Crippen molar-refractivity contribution in [2.75, 3.05) is 6.61 Å². The van der Waals surface area contributed by atoms with Crippen LogP contribution in [0.3, 0.4) is 0 Å². The summed E-state index contributed by atoms with van der Waals surface area (Å²) in [5.74, 6) is -1.80. The van der Waals surface area contributed by atoms with Gasteiger partial charge in [0, 0.05) is 5.92 Å². The molecule has 1 saturated carbocycles. The molecule has 0 saturated heterocycles. The minimum absolute atomic E-state index is 0.0780. The zero-order valence-corrected chi connectivity index (χ0v) is 18.3. The number of carboxylic acids is 1. The summed E-state index contributed by atoms with van der Waals surface area (Å²) in [5, 5.41) is 14.6. The van der Waals surface area contributed by atoms with Crippen molar-refractivity contribution in [2.45, 2.75) is 50.6 Å². The van der Waals surface area contributed by atoms with Gasteiger partial charge in [0.1, 0.15) is 18.2 Å². The summed E-state index contributed by atoms with van der Waals surface area (Å²) in [6.07, 6.45) is 0.743. The second kappa shape index (κ2) is 8.65. The molecule has 0 spiro atoms. The minimum atomic E-state index is -1.20. The minimum Gasteiger partial charge on any atom is -0.480 e. The van der Waals surface area contributed by atoms with E-state index in [4.69, 9.17) is 4.74 Å². The van der Waals surface area contributed by atoms with Gasteiger partial charge in [0.25, 0.3) is 0 Å². The highest BCUT2D eigenvalue weighted by molar-refractivity contribution is 5.93. The van der Waals surface area contributed by atoms with Crippen LogP contribution in [0.2, 0.25) is 0 Å². The second-order valence-electron chi connectivity index (χ2n) is 8.71. The molecule has 2 aromatic rings. The Balaban J connectivity index is 1.43. The van der Waals surface area contributed by atoms with Crippen LogP contribution in [0.25, 0.3) is 11.1 Å². The quantitative estimate of drug-likeness (QED) is 0.586. The van der Waals surface area contributed by atoms with Crippen molar-refractivity contribution in [3.05, 3.63) is 59.7 Å². The molecule has 2 aliphatic carbocycles. The first-order chi connectivity index (χ1) is 15.4. The summed E-state index contributed by atoms with van der Waals surface area (Å²) in [5.41, 5.74) is 3.28. The Kier molecular flexibility index (Phi) is 5.91. The molecule has 7 heteroatoms. The van der Waals surface area contributed by atoms with Crippen LogP contribution >= 0.6 is 0 Å². The largest absolute Gasteiger partial charge is 0.480 e. The molecule has 4 rings (SSSR count). The summed E-state index contributed by atoms with van der Waals surface area (Å²) < 4.78 is 5.56.